The standard InChI is InChI=1S/C12H15ClFNO2/c13-10-7-8(1-2-11(10)14)15-12(17)5-3-9(16)4-6-12/h1-2,7,9,15-17H,3-6H2. The molecule has 0 unspecified atom stereocenters. The van der Waals surface area contributed by atoms with Crippen molar-refractivity contribution in [3.63, 3.8) is 0 Å². The van der Waals surface area contributed by atoms with Gasteiger partial charge in [-0.2, -0.15) is 0 Å². The number of benzene rings is 1. The summed E-state index contributed by atoms with van der Waals surface area (Å²) in [5.41, 5.74) is -0.462. The van der Waals surface area contributed by atoms with E-state index in [0.29, 0.717) is 31.4 Å². The molecule has 0 aliphatic heterocycles. The molecule has 0 spiro atoms. The number of hydrogen-bond acceptors (Lipinski definition) is 3. The SMILES string of the molecule is OC1CCC(O)(Nc2ccc(F)c(Cl)c2)CC1. The molecule has 0 bridgehead atoms. The Labute approximate surface area is 104 Å². The van der Waals surface area contributed by atoms with E-state index in [-0.39, 0.29) is 11.1 Å². The Hall–Kier alpha value is -0.840. The zero-order chi connectivity index (χ0) is 12.5. The fourth-order valence-electron chi connectivity index (χ4n) is 2.05. The second-order valence-electron chi connectivity index (χ2n) is 4.52. The molecule has 1 aromatic rings. The van der Waals surface area contributed by atoms with Gasteiger partial charge in [-0.1, -0.05) is 11.6 Å². The van der Waals surface area contributed by atoms with Crippen LogP contribution in [0.2, 0.25) is 5.02 Å². The lowest BCUT2D eigenvalue weighted by molar-refractivity contribution is -0.0105. The van der Waals surface area contributed by atoms with Crippen LogP contribution in [0.25, 0.3) is 0 Å². The molecule has 2 rings (SSSR count). The Morgan fingerprint density at radius 1 is 1.35 bits per heavy atom. The Morgan fingerprint density at radius 2 is 2.00 bits per heavy atom. The van der Waals surface area contributed by atoms with Crippen molar-refractivity contribution in [1.82, 2.24) is 0 Å². The lowest BCUT2D eigenvalue weighted by Gasteiger charge is -2.35. The van der Waals surface area contributed by atoms with Crippen molar-refractivity contribution in [2.24, 2.45) is 0 Å². The van der Waals surface area contributed by atoms with Crippen molar-refractivity contribution in [2.45, 2.75) is 37.5 Å². The minimum Gasteiger partial charge on any atom is -0.393 e. The first kappa shape index (κ1) is 12.6. The summed E-state index contributed by atoms with van der Waals surface area (Å²) in [5, 5.41) is 22.6. The number of anilines is 1. The minimum atomic E-state index is -1.04. The first-order valence-electron chi connectivity index (χ1n) is 5.62. The van der Waals surface area contributed by atoms with E-state index < -0.39 is 11.5 Å². The molecule has 1 fully saturated rings. The molecule has 1 saturated carbocycles. The third-order valence-electron chi connectivity index (χ3n) is 3.08. The number of halogens is 2. The highest BCUT2D eigenvalue weighted by Gasteiger charge is 2.32. The number of hydrogen-bond donors (Lipinski definition) is 3. The lowest BCUT2D eigenvalue weighted by atomic mass is 9.89. The summed E-state index contributed by atoms with van der Waals surface area (Å²) in [6.45, 7) is 0. The van der Waals surface area contributed by atoms with Gasteiger partial charge in [0.15, 0.2) is 0 Å². The maximum absolute atomic E-state index is 13.0. The van der Waals surface area contributed by atoms with Gasteiger partial charge in [0.25, 0.3) is 0 Å². The second-order valence-corrected chi connectivity index (χ2v) is 4.92. The van der Waals surface area contributed by atoms with E-state index >= 15 is 0 Å². The van der Waals surface area contributed by atoms with E-state index in [4.69, 9.17) is 11.6 Å². The molecule has 0 saturated heterocycles. The molecular weight excluding hydrogens is 245 g/mol. The Kier molecular flexibility index (Phi) is 3.56. The summed E-state index contributed by atoms with van der Waals surface area (Å²) in [4.78, 5) is 0. The van der Waals surface area contributed by atoms with Crippen LogP contribution in [0, 0.1) is 5.82 Å². The molecule has 0 atom stereocenters. The van der Waals surface area contributed by atoms with Gasteiger partial charge in [0.2, 0.25) is 0 Å². The zero-order valence-corrected chi connectivity index (χ0v) is 10.0. The maximum Gasteiger partial charge on any atom is 0.141 e. The predicted octanol–water partition coefficient (Wildman–Crippen LogP) is 2.51. The summed E-state index contributed by atoms with van der Waals surface area (Å²) >= 11 is 5.66. The summed E-state index contributed by atoms with van der Waals surface area (Å²) in [5.74, 6) is -0.483. The van der Waals surface area contributed by atoms with Gasteiger partial charge in [-0.05, 0) is 43.9 Å². The summed E-state index contributed by atoms with van der Waals surface area (Å²) in [7, 11) is 0. The van der Waals surface area contributed by atoms with Crippen LogP contribution in [-0.4, -0.2) is 22.0 Å². The highest BCUT2D eigenvalue weighted by atomic mass is 35.5. The van der Waals surface area contributed by atoms with Crippen LogP contribution in [0.5, 0.6) is 0 Å². The van der Waals surface area contributed by atoms with Gasteiger partial charge >= 0.3 is 0 Å². The van der Waals surface area contributed by atoms with Crippen LogP contribution in [0.1, 0.15) is 25.7 Å². The van der Waals surface area contributed by atoms with Gasteiger partial charge in [-0.15, -0.1) is 0 Å². The monoisotopic (exact) mass is 259 g/mol. The molecule has 17 heavy (non-hydrogen) atoms. The number of aliphatic hydroxyl groups excluding tert-OH is 1. The van der Waals surface area contributed by atoms with E-state index in [1.807, 2.05) is 0 Å². The van der Waals surface area contributed by atoms with Gasteiger partial charge < -0.3 is 15.5 Å². The predicted molar refractivity (Wildman–Crippen MR) is 64.5 cm³/mol. The Balaban J connectivity index is 2.07. The van der Waals surface area contributed by atoms with Crippen molar-refractivity contribution in [3.8, 4) is 0 Å². The topological polar surface area (TPSA) is 52.5 Å². The van der Waals surface area contributed by atoms with Crippen LogP contribution >= 0.6 is 11.6 Å². The molecule has 1 aliphatic carbocycles. The van der Waals surface area contributed by atoms with Crippen LogP contribution in [0.15, 0.2) is 18.2 Å². The van der Waals surface area contributed by atoms with Crippen molar-refractivity contribution >= 4 is 17.3 Å². The van der Waals surface area contributed by atoms with E-state index in [1.54, 1.807) is 0 Å². The van der Waals surface area contributed by atoms with E-state index in [2.05, 4.69) is 5.32 Å². The van der Waals surface area contributed by atoms with Crippen LogP contribution in [0.4, 0.5) is 10.1 Å². The van der Waals surface area contributed by atoms with Crippen molar-refractivity contribution < 1.29 is 14.6 Å². The third-order valence-corrected chi connectivity index (χ3v) is 3.37. The quantitative estimate of drug-likeness (QED) is 0.716. The molecular formula is C12H15ClFNO2. The summed E-state index contributed by atoms with van der Waals surface area (Å²) in [6, 6.07) is 4.23. The van der Waals surface area contributed by atoms with E-state index in [9.17, 15) is 14.6 Å². The van der Waals surface area contributed by atoms with Crippen LogP contribution in [-0.2, 0) is 0 Å². The molecule has 3 N–H and O–H groups in total. The average molecular weight is 260 g/mol. The molecule has 3 nitrogen and oxygen atoms in total. The normalized spacial score (nSPS) is 29.1. The Morgan fingerprint density at radius 3 is 2.59 bits per heavy atom. The third kappa shape index (κ3) is 3.09. The van der Waals surface area contributed by atoms with E-state index in [1.165, 1.54) is 18.2 Å². The highest BCUT2D eigenvalue weighted by Crippen LogP contribution is 2.30. The van der Waals surface area contributed by atoms with Gasteiger partial charge in [-0.3, -0.25) is 0 Å². The minimum absolute atomic E-state index is 0.0226. The number of nitrogens with one attached hydrogen (secondary N) is 1. The van der Waals surface area contributed by atoms with Crippen LogP contribution < -0.4 is 5.32 Å². The largest absolute Gasteiger partial charge is 0.393 e. The lowest BCUT2D eigenvalue weighted by Crippen LogP contribution is -2.42. The molecule has 1 aromatic carbocycles. The summed E-state index contributed by atoms with van der Waals surface area (Å²) < 4.78 is 13.0. The van der Waals surface area contributed by atoms with Gasteiger partial charge in [0.05, 0.1) is 11.1 Å². The smallest absolute Gasteiger partial charge is 0.141 e. The van der Waals surface area contributed by atoms with Gasteiger partial charge in [0.1, 0.15) is 11.5 Å². The number of aliphatic hydroxyl groups is 2. The highest BCUT2D eigenvalue weighted by molar-refractivity contribution is 6.31. The molecule has 1 aliphatic rings. The molecule has 0 amide bonds. The van der Waals surface area contributed by atoms with Gasteiger partial charge in [-0.25, -0.2) is 4.39 Å². The zero-order valence-electron chi connectivity index (χ0n) is 9.29. The van der Waals surface area contributed by atoms with Crippen LogP contribution in [0.3, 0.4) is 0 Å². The fraction of sp³-hybridized carbons (Fsp3) is 0.500. The van der Waals surface area contributed by atoms with Crippen molar-refractivity contribution in [2.75, 3.05) is 5.32 Å². The fourth-order valence-corrected chi connectivity index (χ4v) is 2.23. The van der Waals surface area contributed by atoms with E-state index in [0.717, 1.165) is 0 Å². The number of rotatable bonds is 2. The molecule has 0 aromatic heterocycles. The first-order chi connectivity index (χ1) is 7.98. The second kappa shape index (κ2) is 4.80. The first-order valence-corrected chi connectivity index (χ1v) is 6.00. The average Bonchev–Trinajstić information content (AvgIpc) is 2.28. The molecule has 0 heterocycles. The molecule has 94 valence electrons. The van der Waals surface area contributed by atoms with Crippen molar-refractivity contribution in [1.29, 1.82) is 0 Å². The van der Waals surface area contributed by atoms with Crippen molar-refractivity contribution in [3.05, 3.63) is 29.0 Å². The molecule has 5 heteroatoms. The maximum atomic E-state index is 13.0. The summed E-state index contributed by atoms with van der Waals surface area (Å²) in [6.07, 6.45) is 1.69. The van der Waals surface area contributed by atoms with Gasteiger partial charge in [0, 0.05) is 5.69 Å². The Bertz CT molecular complexity index is 405. The molecule has 0 radical (unpaired) electrons.